The number of nitrogens with one attached hydrogen (secondary N) is 2. The van der Waals surface area contributed by atoms with Gasteiger partial charge in [-0.2, -0.15) is 0 Å². The number of aryl methyl sites for hydroxylation is 1. The molecule has 160 valence electrons. The predicted molar refractivity (Wildman–Crippen MR) is 123 cm³/mol. The Labute approximate surface area is 193 Å². The van der Waals surface area contributed by atoms with E-state index >= 15 is 0 Å². The minimum Gasteiger partial charge on any atom is -0.348 e. The Bertz CT molecular complexity index is 1120. The quantitative estimate of drug-likeness (QED) is 0.407. The Hall–Kier alpha value is -2.49. The van der Waals surface area contributed by atoms with Gasteiger partial charge in [-0.05, 0) is 49.1 Å². The number of thiophene rings is 1. The van der Waals surface area contributed by atoms with Gasteiger partial charge in [0.25, 0.3) is 11.8 Å². The molecule has 0 radical (unpaired) electrons. The van der Waals surface area contributed by atoms with E-state index in [9.17, 15) is 9.59 Å². The van der Waals surface area contributed by atoms with Crippen LogP contribution in [0.15, 0.2) is 35.9 Å². The fourth-order valence-electron chi connectivity index (χ4n) is 3.44. The lowest BCUT2D eigenvalue weighted by Crippen LogP contribution is -2.25. The molecule has 31 heavy (non-hydrogen) atoms. The fraction of sp³-hybridized carbons (Fsp3) is 0.286. The summed E-state index contributed by atoms with van der Waals surface area (Å²) < 4.78 is 0. The van der Waals surface area contributed by atoms with E-state index in [1.54, 1.807) is 12.4 Å². The lowest BCUT2D eigenvalue weighted by Gasteiger charge is -2.13. The third kappa shape index (κ3) is 4.89. The third-order valence-corrected chi connectivity index (χ3v) is 6.97. The molecule has 3 aromatic rings. The molecule has 4 rings (SSSR count). The van der Waals surface area contributed by atoms with Gasteiger partial charge in [-0.3, -0.25) is 14.6 Å². The van der Waals surface area contributed by atoms with Gasteiger partial charge in [0.2, 0.25) is 0 Å². The number of amides is 2. The van der Waals surface area contributed by atoms with Crippen LogP contribution in [0.2, 0.25) is 5.02 Å². The molecule has 0 atom stereocenters. The van der Waals surface area contributed by atoms with Gasteiger partial charge in [0.1, 0.15) is 5.00 Å². The van der Waals surface area contributed by atoms with E-state index in [-0.39, 0.29) is 16.6 Å². The molecule has 0 bridgehead atoms. The Morgan fingerprint density at radius 2 is 2.06 bits per heavy atom. The van der Waals surface area contributed by atoms with Crippen LogP contribution in [0, 0.1) is 0 Å². The molecular formula is C21H20ClN5O2S2. The lowest BCUT2D eigenvalue weighted by atomic mass is 9.95. The van der Waals surface area contributed by atoms with Crippen LogP contribution in [-0.2, 0) is 19.4 Å². The first kappa shape index (κ1) is 21.7. The van der Waals surface area contributed by atoms with Crippen LogP contribution in [0.3, 0.4) is 0 Å². The maximum Gasteiger partial charge on any atom is 0.276 e. The number of rotatable bonds is 6. The number of anilines is 1. The molecule has 10 heteroatoms. The first-order valence-electron chi connectivity index (χ1n) is 9.76. The van der Waals surface area contributed by atoms with Crippen molar-refractivity contribution in [3.05, 3.63) is 63.0 Å². The largest absolute Gasteiger partial charge is 0.348 e. The number of thioether (sulfide) groups is 1. The van der Waals surface area contributed by atoms with E-state index in [2.05, 4.69) is 25.6 Å². The zero-order valence-electron chi connectivity index (χ0n) is 16.8. The highest BCUT2D eigenvalue weighted by atomic mass is 35.5. The lowest BCUT2D eigenvalue weighted by molar-refractivity contribution is 0.0951. The van der Waals surface area contributed by atoms with Crippen molar-refractivity contribution in [3.63, 3.8) is 0 Å². The van der Waals surface area contributed by atoms with Crippen molar-refractivity contribution in [3.8, 4) is 0 Å². The Morgan fingerprint density at radius 1 is 1.23 bits per heavy atom. The molecular weight excluding hydrogens is 454 g/mol. The molecule has 0 unspecified atom stereocenters. The average molecular weight is 474 g/mol. The first-order valence-corrected chi connectivity index (χ1v) is 12.2. The molecule has 2 N–H and O–H groups in total. The monoisotopic (exact) mass is 473 g/mol. The van der Waals surface area contributed by atoms with Gasteiger partial charge in [0.15, 0.2) is 10.9 Å². The summed E-state index contributed by atoms with van der Waals surface area (Å²) in [7, 11) is 0. The molecule has 0 saturated carbocycles. The highest BCUT2D eigenvalue weighted by molar-refractivity contribution is 7.98. The van der Waals surface area contributed by atoms with Crippen LogP contribution >= 0.6 is 34.7 Å². The number of halogens is 1. The normalized spacial score (nSPS) is 12.8. The van der Waals surface area contributed by atoms with Crippen LogP contribution in [0.25, 0.3) is 0 Å². The van der Waals surface area contributed by atoms with Gasteiger partial charge in [0.05, 0.1) is 16.8 Å². The van der Waals surface area contributed by atoms with Crippen molar-refractivity contribution >= 4 is 51.5 Å². The Morgan fingerprint density at radius 3 is 2.84 bits per heavy atom. The number of aromatic nitrogens is 3. The maximum absolute atomic E-state index is 13.1. The summed E-state index contributed by atoms with van der Waals surface area (Å²) in [4.78, 5) is 39.6. The SMILES string of the molecule is CSc1ncc(Cl)c(C(=O)Nc2sc3c(c2C(=O)NCc2cccnc2)CCCC3)n1. The number of pyridine rings is 1. The van der Waals surface area contributed by atoms with Gasteiger partial charge in [-0.1, -0.05) is 29.4 Å². The molecule has 1 aliphatic carbocycles. The highest BCUT2D eigenvalue weighted by Gasteiger charge is 2.27. The number of nitrogens with zero attached hydrogens (tertiary/aromatic N) is 3. The fourth-order valence-corrected chi connectivity index (χ4v) is 5.24. The van der Waals surface area contributed by atoms with Crippen molar-refractivity contribution < 1.29 is 9.59 Å². The van der Waals surface area contributed by atoms with Crippen molar-refractivity contribution in [1.82, 2.24) is 20.3 Å². The van der Waals surface area contributed by atoms with E-state index in [0.717, 1.165) is 41.7 Å². The maximum atomic E-state index is 13.1. The summed E-state index contributed by atoms with van der Waals surface area (Å²) in [5, 5.41) is 6.98. The minimum absolute atomic E-state index is 0.0918. The van der Waals surface area contributed by atoms with Gasteiger partial charge >= 0.3 is 0 Å². The molecule has 0 fully saturated rings. The summed E-state index contributed by atoms with van der Waals surface area (Å²) in [6.07, 6.45) is 10.5. The van der Waals surface area contributed by atoms with Crippen LogP contribution in [-0.4, -0.2) is 33.0 Å². The summed E-state index contributed by atoms with van der Waals surface area (Å²) >= 11 is 8.93. The second-order valence-corrected chi connectivity index (χ2v) is 9.25. The molecule has 0 aliphatic heterocycles. The van der Waals surface area contributed by atoms with Crippen molar-refractivity contribution in [1.29, 1.82) is 0 Å². The van der Waals surface area contributed by atoms with E-state index < -0.39 is 5.91 Å². The topological polar surface area (TPSA) is 96.9 Å². The second-order valence-electron chi connectivity index (χ2n) is 6.97. The van der Waals surface area contributed by atoms with Crippen molar-refractivity contribution in [2.24, 2.45) is 0 Å². The standard InChI is InChI=1S/C21H20ClN5O2S2/c1-30-21-25-11-14(22)17(26-21)19(29)27-20-16(13-6-2-3-7-15(13)31-20)18(28)24-10-12-5-4-8-23-9-12/h4-5,8-9,11H,2-3,6-7,10H2,1H3,(H,24,28)(H,27,29). The van der Waals surface area contributed by atoms with Gasteiger partial charge in [-0.15, -0.1) is 11.3 Å². The highest BCUT2D eigenvalue weighted by Crippen LogP contribution is 2.38. The molecule has 0 spiro atoms. The van der Waals surface area contributed by atoms with Gasteiger partial charge < -0.3 is 10.6 Å². The number of hydrogen-bond donors (Lipinski definition) is 2. The molecule has 3 heterocycles. The van der Waals surface area contributed by atoms with E-state index in [1.165, 1.54) is 29.3 Å². The molecule has 1 aliphatic rings. The second kappa shape index (κ2) is 9.76. The summed E-state index contributed by atoms with van der Waals surface area (Å²) in [5.74, 6) is -0.667. The molecule has 3 aromatic heterocycles. The number of hydrogen-bond acceptors (Lipinski definition) is 7. The minimum atomic E-state index is -0.456. The third-order valence-electron chi connectivity index (χ3n) is 4.92. The molecule has 2 amide bonds. The Balaban J connectivity index is 1.61. The van der Waals surface area contributed by atoms with Crippen LogP contribution < -0.4 is 10.6 Å². The number of carbonyl (C=O) groups is 2. The van der Waals surface area contributed by atoms with Crippen molar-refractivity contribution in [2.45, 2.75) is 37.4 Å². The summed E-state index contributed by atoms with van der Waals surface area (Å²) in [6.45, 7) is 0.361. The van der Waals surface area contributed by atoms with E-state index in [0.29, 0.717) is 22.3 Å². The van der Waals surface area contributed by atoms with Crippen LogP contribution in [0.1, 0.15) is 49.7 Å². The first-order chi connectivity index (χ1) is 15.1. The van der Waals surface area contributed by atoms with Gasteiger partial charge in [-0.25, -0.2) is 9.97 Å². The number of carbonyl (C=O) groups excluding carboxylic acids is 2. The smallest absolute Gasteiger partial charge is 0.276 e. The zero-order chi connectivity index (χ0) is 21.8. The zero-order valence-corrected chi connectivity index (χ0v) is 19.2. The van der Waals surface area contributed by atoms with E-state index in [1.807, 2.05) is 18.4 Å². The van der Waals surface area contributed by atoms with Crippen LogP contribution in [0.5, 0.6) is 0 Å². The average Bonchev–Trinajstić information content (AvgIpc) is 3.16. The predicted octanol–water partition coefficient (Wildman–Crippen LogP) is 4.37. The van der Waals surface area contributed by atoms with Crippen molar-refractivity contribution in [2.75, 3.05) is 11.6 Å². The molecule has 0 saturated heterocycles. The molecule has 7 nitrogen and oxygen atoms in total. The van der Waals surface area contributed by atoms with E-state index in [4.69, 9.17) is 11.6 Å². The van der Waals surface area contributed by atoms with Crippen LogP contribution in [0.4, 0.5) is 5.00 Å². The van der Waals surface area contributed by atoms with Gasteiger partial charge in [0, 0.05) is 23.8 Å². The number of fused-ring (bicyclic) bond motifs is 1. The Kier molecular flexibility index (Phi) is 6.84. The summed E-state index contributed by atoms with van der Waals surface area (Å²) in [5.41, 5.74) is 2.55. The molecule has 0 aromatic carbocycles. The summed E-state index contributed by atoms with van der Waals surface area (Å²) in [6, 6.07) is 3.73.